The van der Waals surface area contributed by atoms with Gasteiger partial charge in [0.15, 0.2) is 17.7 Å². The van der Waals surface area contributed by atoms with E-state index < -0.39 is 18.0 Å². The van der Waals surface area contributed by atoms with Crippen molar-refractivity contribution in [2.45, 2.75) is 25.0 Å². The summed E-state index contributed by atoms with van der Waals surface area (Å²) in [6.07, 6.45) is -0.573. The number of halogens is 1. The van der Waals surface area contributed by atoms with Crippen LogP contribution >= 0.6 is 0 Å². The number of ether oxygens (including phenoxy) is 1. The van der Waals surface area contributed by atoms with Gasteiger partial charge in [-0.05, 0) is 18.1 Å². The number of nitrogens with one attached hydrogen (secondary N) is 1. The Kier molecular flexibility index (Phi) is 4.57. The van der Waals surface area contributed by atoms with Crippen molar-refractivity contribution >= 4 is 5.91 Å². The molecule has 0 spiro atoms. The second-order valence-electron chi connectivity index (χ2n) is 5.54. The van der Waals surface area contributed by atoms with Crippen LogP contribution in [0.15, 0.2) is 48.5 Å². The van der Waals surface area contributed by atoms with Crippen LogP contribution in [0.3, 0.4) is 0 Å². The standard InChI is InChI=1S/C18H18FNO3/c19-14-8-4-7-13-11-16(23-17(13)14)18(22)20-10-9-15(21)12-5-2-1-3-6-12/h1-8,15-16,21H,9-11H2,(H,20,22). The van der Waals surface area contributed by atoms with Crippen LogP contribution in [0.5, 0.6) is 5.75 Å². The molecule has 0 aromatic heterocycles. The first-order chi connectivity index (χ1) is 11.1. The average Bonchev–Trinajstić information content (AvgIpc) is 3.01. The molecule has 0 saturated heterocycles. The van der Waals surface area contributed by atoms with Gasteiger partial charge in [0.1, 0.15) is 0 Å². The van der Waals surface area contributed by atoms with E-state index in [4.69, 9.17) is 4.74 Å². The van der Waals surface area contributed by atoms with Crippen molar-refractivity contribution in [3.8, 4) is 5.75 Å². The zero-order chi connectivity index (χ0) is 16.2. The van der Waals surface area contributed by atoms with Crippen molar-refractivity contribution in [1.82, 2.24) is 5.32 Å². The third-order valence-electron chi connectivity index (χ3n) is 3.91. The van der Waals surface area contributed by atoms with Gasteiger partial charge in [-0.25, -0.2) is 4.39 Å². The first kappa shape index (κ1) is 15.5. The summed E-state index contributed by atoms with van der Waals surface area (Å²) in [5.74, 6) is -0.574. The lowest BCUT2D eigenvalue weighted by Crippen LogP contribution is -2.38. The molecule has 2 aromatic rings. The van der Waals surface area contributed by atoms with Crippen molar-refractivity contribution in [1.29, 1.82) is 0 Å². The Bertz CT molecular complexity index is 690. The number of hydrogen-bond acceptors (Lipinski definition) is 3. The minimum Gasteiger partial charge on any atom is -0.477 e. The second kappa shape index (κ2) is 6.79. The largest absolute Gasteiger partial charge is 0.477 e. The Labute approximate surface area is 133 Å². The van der Waals surface area contributed by atoms with Gasteiger partial charge in [-0.3, -0.25) is 4.79 Å². The van der Waals surface area contributed by atoms with Gasteiger partial charge >= 0.3 is 0 Å². The molecule has 0 bridgehead atoms. The van der Waals surface area contributed by atoms with Crippen LogP contribution in [0.1, 0.15) is 23.7 Å². The lowest BCUT2D eigenvalue weighted by Gasteiger charge is -2.14. The predicted molar refractivity (Wildman–Crippen MR) is 83.5 cm³/mol. The smallest absolute Gasteiger partial charge is 0.261 e. The summed E-state index contributed by atoms with van der Waals surface area (Å²) in [4.78, 5) is 12.1. The maximum atomic E-state index is 13.6. The maximum Gasteiger partial charge on any atom is 0.261 e. The van der Waals surface area contributed by atoms with Crippen molar-refractivity contribution in [2.75, 3.05) is 6.54 Å². The van der Waals surface area contributed by atoms with Crippen molar-refractivity contribution in [3.05, 3.63) is 65.5 Å². The van der Waals surface area contributed by atoms with Gasteiger partial charge in [0.25, 0.3) is 5.91 Å². The molecule has 2 aromatic carbocycles. The van der Waals surface area contributed by atoms with E-state index in [1.807, 2.05) is 30.3 Å². The Balaban J connectivity index is 1.49. The molecule has 2 N–H and O–H groups in total. The third kappa shape index (κ3) is 3.51. The highest BCUT2D eigenvalue weighted by Crippen LogP contribution is 2.31. The fraction of sp³-hybridized carbons (Fsp3) is 0.278. The van der Waals surface area contributed by atoms with Crippen LogP contribution < -0.4 is 10.1 Å². The number of fused-ring (bicyclic) bond motifs is 1. The topological polar surface area (TPSA) is 58.6 Å². The number of benzene rings is 2. The number of amides is 1. The normalized spacial score (nSPS) is 17.2. The molecule has 1 aliphatic heterocycles. The van der Waals surface area contributed by atoms with Gasteiger partial charge in [0.2, 0.25) is 0 Å². The molecule has 0 fully saturated rings. The van der Waals surface area contributed by atoms with Crippen molar-refractivity contribution in [2.24, 2.45) is 0 Å². The molecular weight excluding hydrogens is 297 g/mol. The molecule has 120 valence electrons. The molecule has 1 amide bonds. The fourth-order valence-electron chi connectivity index (χ4n) is 2.66. The SMILES string of the molecule is O=C(NCCC(O)c1ccccc1)C1Cc2cccc(F)c2O1. The molecule has 1 heterocycles. The number of carbonyl (C=O) groups excluding carboxylic acids is 1. The highest BCUT2D eigenvalue weighted by molar-refractivity contribution is 5.82. The van der Waals surface area contributed by atoms with E-state index in [0.29, 0.717) is 24.9 Å². The molecule has 2 unspecified atom stereocenters. The molecule has 2 atom stereocenters. The van der Waals surface area contributed by atoms with E-state index in [2.05, 4.69) is 5.32 Å². The Morgan fingerprint density at radius 3 is 2.78 bits per heavy atom. The third-order valence-corrected chi connectivity index (χ3v) is 3.91. The Morgan fingerprint density at radius 1 is 1.26 bits per heavy atom. The zero-order valence-corrected chi connectivity index (χ0v) is 12.5. The molecule has 1 aliphatic rings. The molecular formula is C18H18FNO3. The van der Waals surface area contributed by atoms with Gasteiger partial charge in [-0.15, -0.1) is 0 Å². The molecule has 5 heteroatoms. The van der Waals surface area contributed by atoms with Gasteiger partial charge in [-0.2, -0.15) is 0 Å². The van der Waals surface area contributed by atoms with Crippen LogP contribution in [0.25, 0.3) is 0 Å². The lowest BCUT2D eigenvalue weighted by atomic mass is 10.1. The summed E-state index contributed by atoms with van der Waals surface area (Å²) in [6.45, 7) is 0.327. The number of rotatable bonds is 5. The summed E-state index contributed by atoms with van der Waals surface area (Å²) in [5, 5.41) is 12.8. The quantitative estimate of drug-likeness (QED) is 0.890. The highest BCUT2D eigenvalue weighted by Gasteiger charge is 2.30. The molecule has 0 radical (unpaired) electrons. The van der Waals surface area contributed by atoms with Crippen LogP contribution in [0.2, 0.25) is 0 Å². The highest BCUT2D eigenvalue weighted by atomic mass is 19.1. The molecule has 0 aliphatic carbocycles. The number of hydrogen-bond donors (Lipinski definition) is 2. The minimum absolute atomic E-state index is 0.164. The summed E-state index contributed by atoms with van der Waals surface area (Å²) in [6, 6.07) is 13.9. The summed E-state index contributed by atoms with van der Waals surface area (Å²) >= 11 is 0. The first-order valence-corrected chi connectivity index (χ1v) is 7.60. The molecule has 3 rings (SSSR count). The van der Waals surface area contributed by atoms with Gasteiger partial charge in [0, 0.05) is 18.5 Å². The zero-order valence-electron chi connectivity index (χ0n) is 12.5. The van der Waals surface area contributed by atoms with Gasteiger partial charge in [0.05, 0.1) is 6.10 Å². The van der Waals surface area contributed by atoms with E-state index in [1.54, 1.807) is 12.1 Å². The number of carbonyl (C=O) groups is 1. The first-order valence-electron chi connectivity index (χ1n) is 7.60. The minimum atomic E-state index is -0.712. The second-order valence-corrected chi connectivity index (χ2v) is 5.54. The van der Waals surface area contributed by atoms with Crippen molar-refractivity contribution < 1.29 is 19.0 Å². The van der Waals surface area contributed by atoms with Gasteiger partial charge in [-0.1, -0.05) is 42.5 Å². The Hall–Kier alpha value is -2.40. The van der Waals surface area contributed by atoms with Crippen LogP contribution in [0, 0.1) is 5.82 Å². The van der Waals surface area contributed by atoms with Crippen LogP contribution in [-0.4, -0.2) is 23.7 Å². The lowest BCUT2D eigenvalue weighted by molar-refractivity contribution is -0.127. The molecule has 0 saturated carbocycles. The van der Waals surface area contributed by atoms with Crippen LogP contribution in [0.4, 0.5) is 4.39 Å². The predicted octanol–water partition coefficient (Wildman–Crippen LogP) is 2.37. The fourth-order valence-corrected chi connectivity index (χ4v) is 2.66. The maximum absolute atomic E-state index is 13.6. The molecule has 23 heavy (non-hydrogen) atoms. The van der Waals surface area contributed by atoms with Gasteiger partial charge < -0.3 is 15.2 Å². The van der Waals surface area contributed by atoms with Crippen LogP contribution in [-0.2, 0) is 11.2 Å². The number of para-hydroxylation sites is 1. The van der Waals surface area contributed by atoms with E-state index in [0.717, 1.165) is 5.56 Å². The van der Waals surface area contributed by atoms with E-state index in [1.165, 1.54) is 6.07 Å². The summed E-state index contributed by atoms with van der Waals surface area (Å²) in [5.41, 5.74) is 1.52. The number of aliphatic hydroxyl groups excluding tert-OH is 1. The van der Waals surface area contributed by atoms with E-state index in [-0.39, 0.29) is 11.7 Å². The average molecular weight is 315 g/mol. The Morgan fingerprint density at radius 2 is 2.04 bits per heavy atom. The summed E-state index contributed by atoms with van der Waals surface area (Å²) < 4.78 is 19.0. The van der Waals surface area contributed by atoms with E-state index >= 15 is 0 Å². The van der Waals surface area contributed by atoms with E-state index in [9.17, 15) is 14.3 Å². The monoisotopic (exact) mass is 315 g/mol. The van der Waals surface area contributed by atoms with Crippen molar-refractivity contribution in [3.63, 3.8) is 0 Å². The summed E-state index contributed by atoms with van der Waals surface area (Å²) in [7, 11) is 0. The number of aliphatic hydroxyl groups is 1. The molecule has 4 nitrogen and oxygen atoms in total.